The number of methoxy groups -OCH3 is 1. The molecule has 3 nitrogen and oxygen atoms in total. The maximum atomic E-state index is 5.25. The predicted molar refractivity (Wildman–Crippen MR) is 76.6 cm³/mol. The molecule has 96 valence electrons. The Hall–Kier alpha value is -2.29. The maximum Gasteiger partial charge on any atom is 0.119 e. The molecule has 2 heterocycles. The number of nitrogens with zero attached hydrogens (tertiary/aromatic N) is 2. The van der Waals surface area contributed by atoms with E-state index in [0.717, 1.165) is 18.0 Å². The monoisotopic (exact) mass is 252 g/mol. The van der Waals surface area contributed by atoms with Crippen LogP contribution in [0.2, 0.25) is 0 Å². The van der Waals surface area contributed by atoms with E-state index in [1.54, 1.807) is 7.11 Å². The van der Waals surface area contributed by atoms with Crippen LogP contribution < -0.4 is 4.74 Å². The molecule has 19 heavy (non-hydrogen) atoms. The Morgan fingerprint density at radius 3 is 2.89 bits per heavy atom. The molecule has 2 aromatic heterocycles. The second-order valence-electron chi connectivity index (χ2n) is 4.64. The molecular weight excluding hydrogens is 236 g/mol. The summed E-state index contributed by atoms with van der Waals surface area (Å²) in [6.45, 7) is 2.89. The third-order valence-corrected chi connectivity index (χ3v) is 3.42. The summed E-state index contributed by atoms with van der Waals surface area (Å²) in [5.74, 6) is 0.888. The fourth-order valence-corrected chi connectivity index (χ4v) is 2.29. The highest BCUT2D eigenvalue weighted by atomic mass is 16.5. The van der Waals surface area contributed by atoms with Crippen molar-refractivity contribution < 1.29 is 4.74 Å². The highest BCUT2D eigenvalue weighted by Gasteiger charge is 2.05. The van der Waals surface area contributed by atoms with E-state index in [0.29, 0.717) is 0 Å². The molecule has 3 rings (SSSR count). The van der Waals surface area contributed by atoms with Crippen molar-refractivity contribution in [2.45, 2.75) is 13.5 Å². The lowest BCUT2D eigenvalue weighted by Gasteiger charge is -2.08. The second kappa shape index (κ2) is 4.76. The summed E-state index contributed by atoms with van der Waals surface area (Å²) in [4.78, 5) is 4.45. The standard InChI is InChI=1S/C16H16N2O/c1-12-4-3-8-17-15(12)11-18-9-7-13-10-14(19-2)5-6-16(13)18/h3-10H,11H2,1-2H3. The van der Waals surface area contributed by atoms with Crippen LogP contribution in [0.15, 0.2) is 48.8 Å². The first-order valence-corrected chi connectivity index (χ1v) is 6.31. The zero-order valence-electron chi connectivity index (χ0n) is 11.1. The lowest BCUT2D eigenvalue weighted by atomic mass is 10.2. The zero-order chi connectivity index (χ0) is 13.2. The molecule has 0 saturated carbocycles. The number of aryl methyl sites for hydroxylation is 1. The van der Waals surface area contributed by atoms with Crippen LogP contribution in [0.3, 0.4) is 0 Å². The van der Waals surface area contributed by atoms with Crippen molar-refractivity contribution in [3.63, 3.8) is 0 Å². The Morgan fingerprint density at radius 1 is 1.21 bits per heavy atom. The quantitative estimate of drug-likeness (QED) is 0.714. The number of pyridine rings is 1. The highest BCUT2D eigenvalue weighted by Crippen LogP contribution is 2.22. The molecule has 3 heteroatoms. The van der Waals surface area contributed by atoms with Gasteiger partial charge in [0.2, 0.25) is 0 Å². The van der Waals surface area contributed by atoms with Gasteiger partial charge in [-0.25, -0.2) is 0 Å². The minimum atomic E-state index is 0.794. The average molecular weight is 252 g/mol. The van der Waals surface area contributed by atoms with Gasteiger partial charge in [-0.2, -0.15) is 0 Å². The lowest BCUT2D eigenvalue weighted by Crippen LogP contribution is -2.02. The first kappa shape index (κ1) is 11.8. The van der Waals surface area contributed by atoms with Crippen molar-refractivity contribution in [1.82, 2.24) is 9.55 Å². The average Bonchev–Trinajstić information content (AvgIpc) is 2.83. The summed E-state index contributed by atoms with van der Waals surface area (Å²) in [5.41, 5.74) is 3.53. The van der Waals surface area contributed by atoms with Gasteiger partial charge < -0.3 is 9.30 Å². The molecule has 3 aromatic rings. The normalized spacial score (nSPS) is 10.8. The van der Waals surface area contributed by atoms with Crippen LogP contribution in [0.4, 0.5) is 0 Å². The van der Waals surface area contributed by atoms with Crippen molar-refractivity contribution in [3.05, 3.63) is 60.0 Å². The van der Waals surface area contributed by atoms with Crippen LogP contribution in [0, 0.1) is 6.92 Å². The van der Waals surface area contributed by atoms with Gasteiger partial charge in [0.25, 0.3) is 0 Å². The number of fused-ring (bicyclic) bond motifs is 1. The van der Waals surface area contributed by atoms with E-state index in [2.05, 4.69) is 46.9 Å². The number of hydrogen-bond donors (Lipinski definition) is 0. The summed E-state index contributed by atoms with van der Waals surface area (Å²) in [6.07, 6.45) is 3.94. The predicted octanol–water partition coefficient (Wildman–Crippen LogP) is 3.40. The van der Waals surface area contributed by atoms with Gasteiger partial charge in [0.1, 0.15) is 5.75 Å². The van der Waals surface area contributed by atoms with E-state index in [-0.39, 0.29) is 0 Å². The minimum absolute atomic E-state index is 0.794. The number of ether oxygens (including phenoxy) is 1. The fourth-order valence-electron chi connectivity index (χ4n) is 2.29. The Morgan fingerprint density at radius 2 is 2.11 bits per heavy atom. The molecule has 0 spiro atoms. The molecule has 0 aliphatic rings. The number of hydrogen-bond acceptors (Lipinski definition) is 2. The van der Waals surface area contributed by atoms with Gasteiger partial charge >= 0.3 is 0 Å². The van der Waals surface area contributed by atoms with Crippen molar-refractivity contribution in [1.29, 1.82) is 0 Å². The number of rotatable bonds is 3. The molecule has 0 atom stereocenters. The number of aromatic nitrogens is 2. The topological polar surface area (TPSA) is 27.1 Å². The van der Waals surface area contributed by atoms with Gasteiger partial charge in [-0.15, -0.1) is 0 Å². The lowest BCUT2D eigenvalue weighted by molar-refractivity contribution is 0.415. The van der Waals surface area contributed by atoms with E-state index in [4.69, 9.17) is 4.74 Å². The highest BCUT2D eigenvalue weighted by molar-refractivity contribution is 5.81. The van der Waals surface area contributed by atoms with Crippen LogP contribution >= 0.6 is 0 Å². The maximum absolute atomic E-state index is 5.25. The smallest absolute Gasteiger partial charge is 0.119 e. The van der Waals surface area contributed by atoms with Crippen LogP contribution in [0.1, 0.15) is 11.3 Å². The third-order valence-electron chi connectivity index (χ3n) is 3.42. The molecule has 0 amide bonds. The molecule has 0 N–H and O–H groups in total. The van der Waals surface area contributed by atoms with E-state index >= 15 is 0 Å². The molecule has 0 unspecified atom stereocenters. The summed E-state index contributed by atoms with van der Waals surface area (Å²) >= 11 is 0. The Labute approximate surface area is 112 Å². The van der Waals surface area contributed by atoms with Crippen LogP contribution in [0.5, 0.6) is 5.75 Å². The fraction of sp³-hybridized carbons (Fsp3) is 0.188. The molecule has 0 radical (unpaired) electrons. The van der Waals surface area contributed by atoms with Crippen molar-refractivity contribution in [2.24, 2.45) is 0 Å². The van der Waals surface area contributed by atoms with Gasteiger partial charge in [-0.1, -0.05) is 6.07 Å². The molecule has 1 aromatic carbocycles. The van der Waals surface area contributed by atoms with Crippen LogP contribution in [0.25, 0.3) is 10.9 Å². The first-order valence-electron chi connectivity index (χ1n) is 6.31. The van der Waals surface area contributed by atoms with Gasteiger partial charge in [-0.3, -0.25) is 4.98 Å². The van der Waals surface area contributed by atoms with Gasteiger partial charge in [-0.05, 0) is 42.8 Å². The Kier molecular flexibility index (Phi) is 2.95. The summed E-state index contributed by atoms with van der Waals surface area (Å²) in [7, 11) is 1.69. The van der Waals surface area contributed by atoms with Crippen molar-refractivity contribution in [3.8, 4) is 5.75 Å². The summed E-state index contributed by atoms with van der Waals surface area (Å²) in [5, 5.41) is 1.19. The Balaban J connectivity index is 2.00. The molecule has 0 aliphatic carbocycles. The van der Waals surface area contributed by atoms with Crippen LogP contribution in [-0.2, 0) is 6.54 Å². The van der Waals surface area contributed by atoms with Crippen molar-refractivity contribution in [2.75, 3.05) is 7.11 Å². The molecule has 0 bridgehead atoms. The van der Waals surface area contributed by atoms with Gasteiger partial charge in [0, 0.05) is 23.3 Å². The first-order chi connectivity index (χ1) is 9.28. The summed E-state index contributed by atoms with van der Waals surface area (Å²) < 4.78 is 7.46. The number of benzene rings is 1. The Bertz CT molecular complexity index is 716. The third kappa shape index (κ3) is 2.19. The zero-order valence-corrected chi connectivity index (χ0v) is 11.1. The minimum Gasteiger partial charge on any atom is -0.497 e. The van der Waals surface area contributed by atoms with Crippen molar-refractivity contribution >= 4 is 10.9 Å². The van der Waals surface area contributed by atoms with Gasteiger partial charge in [0.15, 0.2) is 0 Å². The second-order valence-corrected chi connectivity index (χ2v) is 4.64. The molecule has 0 aliphatic heterocycles. The van der Waals surface area contributed by atoms with Crippen LogP contribution in [-0.4, -0.2) is 16.7 Å². The molecular formula is C16H16N2O. The van der Waals surface area contributed by atoms with Gasteiger partial charge in [0.05, 0.1) is 19.3 Å². The van der Waals surface area contributed by atoms with E-state index < -0.39 is 0 Å². The molecule has 0 fully saturated rings. The SMILES string of the molecule is COc1ccc2c(ccn2Cc2ncccc2C)c1. The molecule has 0 saturated heterocycles. The van der Waals surface area contributed by atoms with E-state index in [1.807, 2.05) is 18.3 Å². The van der Waals surface area contributed by atoms with E-state index in [1.165, 1.54) is 16.5 Å². The summed E-state index contributed by atoms with van der Waals surface area (Å²) in [6, 6.07) is 12.3. The largest absolute Gasteiger partial charge is 0.497 e. The van der Waals surface area contributed by atoms with E-state index in [9.17, 15) is 0 Å².